The summed E-state index contributed by atoms with van der Waals surface area (Å²) in [5.74, 6) is 2.47. The van der Waals surface area contributed by atoms with Gasteiger partial charge in [0.05, 0.1) is 5.92 Å². The minimum atomic E-state index is 0.341. The Morgan fingerprint density at radius 3 is 3.00 bits per heavy atom. The molecule has 1 fully saturated rings. The van der Waals surface area contributed by atoms with E-state index in [1.165, 1.54) is 0 Å². The Kier molecular flexibility index (Phi) is 3.23. The van der Waals surface area contributed by atoms with E-state index < -0.39 is 0 Å². The molecule has 1 N–H and O–H groups in total. The number of aromatic nitrogens is 2. The lowest BCUT2D eigenvalue weighted by Crippen LogP contribution is -2.08. The SMILES string of the molecule is c1ccc(OCc2noc([C@@H]3CCNC3)n2)cc1. The van der Waals surface area contributed by atoms with E-state index in [9.17, 15) is 0 Å². The van der Waals surface area contributed by atoms with Gasteiger partial charge >= 0.3 is 0 Å². The van der Waals surface area contributed by atoms with Crippen LogP contribution in [0.5, 0.6) is 5.75 Å². The van der Waals surface area contributed by atoms with Crippen LogP contribution in [0.1, 0.15) is 24.1 Å². The Bertz CT molecular complexity index is 492. The Morgan fingerprint density at radius 1 is 1.33 bits per heavy atom. The summed E-state index contributed by atoms with van der Waals surface area (Å²) in [6.45, 7) is 2.28. The van der Waals surface area contributed by atoms with E-state index in [1.54, 1.807) is 0 Å². The summed E-state index contributed by atoms with van der Waals surface area (Å²) in [6.07, 6.45) is 1.06. The van der Waals surface area contributed by atoms with Gasteiger partial charge in [0.15, 0.2) is 6.61 Å². The summed E-state index contributed by atoms with van der Waals surface area (Å²) in [7, 11) is 0. The first-order chi connectivity index (χ1) is 8.92. The zero-order valence-corrected chi connectivity index (χ0v) is 10.0. The van der Waals surface area contributed by atoms with Crippen LogP contribution in [-0.4, -0.2) is 23.2 Å². The lowest BCUT2D eigenvalue weighted by Gasteiger charge is -2.01. The molecule has 1 aromatic heterocycles. The topological polar surface area (TPSA) is 60.2 Å². The second kappa shape index (κ2) is 5.18. The molecule has 5 nitrogen and oxygen atoms in total. The summed E-state index contributed by atoms with van der Waals surface area (Å²) in [4.78, 5) is 4.36. The first-order valence-corrected chi connectivity index (χ1v) is 6.13. The van der Waals surface area contributed by atoms with Crippen molar-refractivity contribution in [3.63, 3.8) is 0 Å². The molecule has 2 heterocycles. The van der Waals surface area contributed by atoms with Gasteiger partial charge in [0.25, 0.3) is 0 Å². The minimum Gasteiger partial charge on any atom is -0.485 e. The van der Waals surface area contributed by atoms with Crippen molar-refractivity contribution in [3.8, 4) is 5.75 Å². The standard InChI is InChI=1S/C13H15N3O2/c1-2-4-11(5-3-1)17-9-12-15-13(18-16-12)10-6-7-14-8-10/h1-5,10,14H,6-9H2/t10-/m1/s1. The van der Waals surface area contributed by atoms with E-state index >= 15 is 0 Å². The highest BCUT2D eigenvalue weighted by Gasteiger charge is 2.22. The van der Waals surface area contributed by atoms with Crippen LogP contribution in [0.4, 0.5) is 0 Å². The van der Waals surface area contributed by atoms with Crippen molar-refractivity contribution in [2.75, 3.05) is 13.1 Å². The van der Waals surface area contributed by atoms with Crippen LogP contribution in [0.2, 0.25) is 0 Å². The number of nitrogens with zero attached hydrogens (tertiary/aromatic N) is 2. The molecule has 0 bridgehead atoms. The number of nitrogens with one attached hydrogen (secondary N) is 1. The van der Waals surface area contributed by atoms with Gasteiger partial charge in [0, 0.05) is 6.54 Å². The quantitative estimate of drug-likeness (QED) is 0.888. The van der Waals surface area contributed by atoms with Gasteiger partial charge in [-0.15, -0.1) is 0 Å². The van der Waals surface area contributed by atoms with Crippen molar-refractivity contribution in [1.29, 1.82) is 0 Å². The van der Waals surface area contributed by atoms with Gasteiger partial charge in [0.2, 0.25) is 11.7 Å². The first kappa shape index (κ1) is 11.2. The van der Waals surface area contributed by atoms with Crippen LogP contribution >= 0.6 is 0 Å². The molecule has 5 heteroatoms. The molecule has 2 aromatic rings. The van der Waals surface area contributed by atoms with Gasteiger partial charge in [-0.1, -0.05) is 23.4 Å². The number of benzene rings is 1. The Hall–Kier alpha value is -1.88. The molecule has 0 saturated carbocycles. The highest BCUT2D eigenvalue weighted by molar-refractivity contribution is 5.20. The number of ether oxygens (including phenoxy) is 1. The fourth-order valence-corrected chi connectivity index (χ4v) is 2.02. The summed E-state index contributed by atoms with van der Waals surface area (Å²) in [5.41, 5.74) is 0. The average molecular weight is 245 g/mol. The predicted molar refractivity (Wildman–Crippen MR) is 65.3 cm³/mol. The minimum absolute atomic E-state index is 0.341. The number of rotatable bonds is 4. The first-order valence-electron chi connectivity index (χ1n) is 6.13. The average Bonchev–Trinajstić information content (AvgIpc) is 3.08. The predicted octanol–water partition coefficient (Wildman–Crippen LogP) is 1.73. The maximum Gasteiger partial charge on any atom is 0.231 e. The van der Waals surface area contributed by atoms with Gasteiger partial charge in [-0.2, -0.15) is 4.98 Å². The van der Waals surface area contributed by atoms with Crippen molar-refractivity contribution in [2.24, 2.45) is 0 Å². The van der Waals surface area contributed by atoms with Gasteiger partial charge in [-0.3, -0.25) is 0 Å². The van der Waals surface area contributed by atoms with Crippen molar-refractivity contribution in [3.05, 3.63) is 42.0 Å². The Balaban J connectivity index is 1.60. The molecule has 94 valence electrons. The third-order valence-corrected chi connectivity index (χ3v) is 3.00. The largest absolute Gasteiger partial charge is 0.485 e. The molecule has 0 radical (unpaired) electrons. The lowest BCUT2D eigenvalue weighted by atomic mass is 10.1. The van der Waals surface area contributed by atoms with E-state index in [2.05, 4.69) is 15.5 Å². The molecule has 3 rings (SSSR count). The molecular weight excluding hydrogens is 230 g/mol. The van der Waals surface area contributed by atoms with E-state index in [-0.39, 0.29) is 0 Å². The van der Waals surface area contributed by atoms with Crippen LogP contribution in [-0.2, 0) is 6.61 Å². The zero-order chi connectivity index (χ0) is 12.2. The van der Waals surface area contributed by atoms with Crippen LogP contribution in [0.15, 0.2) is 34.9 Å². The maximum atomic E-state index is 5.57. The van der Waals surface area contributed by atoms with E-state index in [0.29, 0.717) is 24.2 Å². The fraction of sp³-hybridized carbons (Fsp3) is 0.385. The maximum absolute atomic E-state index is 5.57. The molecule has 0 amide bonds. The Labute approximate surface area is 105 Å². The summed E-state index contributed by atoms with van der Waals surface area (Å²) in [6, 6.07) is 9.62. The monoisotopic (exact) mass is 245 g/mol. The smallest absolute Gasteiger partial charge is 0.231 e. The number of hydrogen-bond donors (Lipinski definition) is 1. The molecule has 1 aromatic carbocycles. The molecule has 1 aliphatic rings. The Morgan fingerprint density at radius 2 is 2.22 bits per heavy atom. The molecular formula is C13H15N3O2. The molecule has 18 heavy (non-hydrogen) atoms. The molecule has 0 unspecified atom stereocenters. The normalized spacial score (nSPS) is 19.0. The molecule has 1 saturated heterocycles. The highest BCUT2D eigenvalue weighted by Crippen LogP contribution is 2.20. The van der Waals surface area contributed by atoms with Gasteiger partial charge in [0.1, 0.15) is 5.75 Å². The van der Waals surface area contributed by atoms with Gasteiger partial charge in [-0.05, 0) is 25.1 Å². The van der Waals surface area contributed by atoms with Crippen LogP contribution in [0.3, 0.4) is 0 Å². The zero-order valence-electron chi connectivity index (χ0n) is 10.0. The summed E-state index contributed by atoms with van der Waals surface area (Å²) < 4.78 is 10.8. The molecule has 0 spiro atoms. The van der Waals surface area contributed by atoms with Crippen molar-refractivity contribution < 1.29 is 9.26 Å². The number of para-hydroxylation sites is 1. The van der Waals surface area contributed by atoms with Crippen molar-refractivity contribution >= 4 is 0 Å². The van der Waals surface area contributed by atoms with Crippen LogP contribution < -0.4 is 10.1 Å². The third kappa shape index (κ3) is 2.51. The highest BCUT2D eigenvalue weighted by atomic mass is 16.5. The summed E-state index contributed by atoms with van der Waals surface area (Å²) >= 11 is 0. The second-order valence-corrected chi connectivity index (χ2v) is 4.34. The van der Waals surface area contributed by atoms with E-state index in [0.717, 1.165) is 25.3 Å². The van der Waals surface area contributed by atoms with E-state index in [1.807, 2.05) is 30.3 Å². The molecule has 1 atom stereocenters. The van der Waals surface area contributed by atoms with E-state index in [4.69, 9.17) is 9.26 Å². The van der Waals surface area contributed by atoms with Crippen molar-refractivity contribution in [1.82, 2.24) is 15.5 Å². The fourth-order valence-electron chi connectivity index (χ4n) is 2.02. The second-order valence-electron chi connectivity index (χ2n) is 4.34. The van der Waals surface area contributed by atoms with Crippen LogP contribution in [0.25, 0.3) is 0 Å². The summed E-state index contributed by atoms with van der Waals surface area (Å²) in [5, 5.41) is 7.22. The molecule has 0 aliphatic carbocycles. The van der Waals surface area contributed by atoms with Gasteiger partial charge in [-0.25, -0.2) is 0 Å². The van der Waals surface area contributed by atoms with Crippen molar-refractivity contribution in [2.45, 2.75) is 18.9 Å². The molecule has 1 aliphatic heterocycles. The number of hydrogen-bond acceptors (Lipinski definition) is 5. The third-order valence-electron chi connectivity index (χ3n) is 3.00. The van der Waals surface area contributed by atoms with Gasteiger partial charge < -0.3 is 14.6 Å². The van der Waals surface area contributed by atoms with Crippen LogP contribution in [0, 0.1) is 0 Å². The lowest BCUT2D eigenvalue weighted by molar-refractivity contribution is 0.284.